The molecule has 1 amide bonds. The van der Waals surface area contributed by atoms with Crippen LogP contribution in [0, 0.1) is 0 Å². The Morgan fingerprint density at radius 3 is 2.72 bits per heavy atom. The van der Waals surface area contributed by atoms with Gasteiger partial charge in [-0.05, 0) is 31.0 Å². The van der Waals surface area contributed by atoms with Gasteiger partial charge in [0.2, 0.25) is 0 Å². The minimum Gasteiger partial charge on any atom is -0.496 e. The Balaban J connectivity index is 1.50. The van der Waals surface area contributed by atoms with Crippen LogP contribution >= 0.6 is 0 Å². The molecule has 1 fully saturated rings. The second kappa shape index (κ2) is 6.55. The van der Waals surface area contributed by atoms with E-state index in [1.165, 1.54) is 5.69 Å². The first-order valence-corrected chi connectivity index (χ1v) is 8.49. The number of hydrogen-bond acceptors (Lipinski definition) is 4. The van der Waals surface area contributed by atoms with Crippen LogP contribution in [-0.4, -0.2) is 45.6 Å². The lowest BCUT2D eigenvalue weighted by Gasteiger charge is -2.32. The number of para-hydroxylation sites is 1. The summed E-state index contributed by atoms with van der Waals surface area (Å²) in [5.41, 5.74) is 2.66. The van der Waals surface area contributed by atoms with Crippen LogP contribution in [0.2, 0.25) is 0 Å². The summed E-state index contributed by atoms with van der Waals surface area (Å²) in [7, 11) is 1.59. The Morgan fingerprint density at radius 2 is 1.92 bits per heavy atom. The first-order chi connectivity index (χ1) is 12.3. The maximum atomic E-state index is 12.8. The van der Waals surface area contributed by atoms with Gasteiger partial charge in [0.1, 0.15) is 5.75 Å². The first-order valence-electron chi connectivity index (χ1n) is 8.49. The van der Waals surface area contributed by atoms with Crippen LogP contribution in [0.5, 0.6) is 5.75 Å². The maximum Gasteiger partial charge on any atom is 0.257 e. The molecule has 0 aliphatic carbocycles. The van der Waals surface area contributed by atoms with Crippen LogP contribution < -0.4 is 4.74 Å². The predicted molar refractivity (Wildman–Crippen MR) is 93.9 cm³/mol. The Bertz CT molecular complexity index is 897. The molecular formula is C19H20N4O2. The topological polar surface area (TPSA) is 59.7 Å². The van der Waals surface area contributed by atoms with Gasteiger partial charge in [0.05, 0.1) is 18.9 Å². The second-order valence-corrected chi connectivity index (χ2v) is 6.24. The van der Waals surface area contributed by atoms with Gasteiger partial charge in [0, 0.05) is 37.0 Å². The largest absolute Gasteiger partial charge is 0.496 e. The fraction of sp³-hybridized carbons (Fsp3) is 0.316. The monoisotopic (exact) mass is 336 g/mol. The molecule has 128 valence electrons. The molecule has 2 aromatic heterocycles. The summed E-state index contributed by atoms with van der Waals surface area (Å²) in [5, 5.41) is 4.38. The van der Waals surface area contributed by atoms with Crippen molar-refractivity contribution in [2.75, 3.05) is 20.2 Å². The van der Waals surface area contributed by atoms with Crippen LogP contribution in [0.15, 0.2) is 48.8 Å². The molecule has 0 saturated carbocycles. The number of rotatable bonds is 3. The van der Waals surface area contributed by atoms with Crippen molar-refractivity contribution in [2.45, 2.75) is 18.8 Å². The zero-order valence-electron chi connectivity index (χ0n) is 14.1. The molecule has 1 aromatic carbocycles. The first kappa shape index (κ1) is 15.6. The number of benzene rings is 1. The standard InChI is InChI=1S/C19H20N4O2/c1-25-17-5-3-2-4-15(17)19(24)22-12-8-14(9-13-22)16-6-10-20-18-7-11-21-23(16)18/h2-7,10-11,14H,8-9,12-13H2,1H3. The van der Waals surface area contributed by atoms with Gasteiger partial charge in [-0.25, -0.2) is 9.50 Å². The van der Waals surface area contributed by atoms with Gasteiger partial charge in [-0.3, -0.25) is 4.79 Å². The van der Waals surface area contributed by atoms with E-state index in [0.29, 0.717) is 17.2 Å². The minimum atomic E-state index is 0.0369. The highest BCUT2D eigenvalue weighted by molar-refractivity contribution is 5.97. The normalized spacial score (nSPS) is 15.5. The van der Waals surface area contributed by atoms with E-state index in [2.05, 4.69) is 10.1 Å². The average Bonchev–Trinajstić information content (AvgIpc) is 3.16. The van der Waals surface area contributed by atoms with Gasteiger partial charge in [-0.15, -0.1) is 0 Å². The van der Waals surface area contributed by atoms with Crippen molar-refractivity contribution in [3.05, 3.63) is 60.0 Å². The number of carbonyl (C=O) groups excluding carboxylic acids is 1. The lowest BCUT2D eigenvalue weighted by molar-refractivity contribution is 0.0708. The Labute approximate surface area is 146 Å². The van der Waals surface area contributed by atoms with E-state index in [0.717, 1.165) is 31.6 Å². The SMILES string of the molecule is COc1ccccc1C(=O)N1CCC(c2ccnc3ccnn23)CC1. The van der Waals surface area contributed by atoms with E-state index < -0.39 is 0 Å². The fourth-order valence-corrected chi connectivity index (χ4v) is 3.53. The molecule has 3 aromatic rings. The molecule has 6 nitrogen and oxygen atoms in total. The molecule has 3 heterocycles. The molecule has 0 unspecified atom stereocenters. The van der Waals surface area contributed by atoms with E-state index in [1.54, 1.807) is 13.3 Å². The molecule has 4 rings (SSSR count). The number of piperidine rings is 1. The lowest BCUT2D eigenvalue weighted by atomic mass is 9.93. The summed E-state index contributed by atoms with van der Waals surface area (Å²) in [5.74, 6) is 1.05. The lowest BCUT2D eigenvalue weighted by Crippen LogP contribution is -2.38. The third-order valence-corrected chi connectivity index (χ3v) is 4.86. The summed E-state index contributed by atoms with van der Waals surface area (Å²) in [4.78, 5) is 19.0. The summed E-state index contributed by atoms with van der Waals surface area (Å²) in [6, 6.07) is 11.3. The summed E-state index contributed by atoms with van der Waals surface area (Å²) < 4.78 is 7.23. The van der Waals surface area contributed by atoms with Crippen LogP contribution in [0.3, 0.4) is 0 Å². The Morgan fingerprint density at radius 1 is 1.12 bits per heavy atom. The number of aromatic nitrogens is 3. The highest BCUT2D eigenvalue weighted by Gasteiger charge is 2.27. The highest BCUT2D eigenvalue weighted by Crippen LogP contribution is 2.29. The number of methoxy groups -OCH3 is 1. The van der Waals surface area contributed by atoms with Gasteiger partial charge in [-0.2, -0.15) is 5.10 Å². The quantitative estimate of drug-likeness (QED) is 0.738. The van der Waals surface area contributed by atoms with E-state index in [1.807, 2.05) is 52.0 Å². The number of likely N-dealkylation sites (tertiary alicyclic amines) is 1. The molecule has 25 heavy (non-hydrogen) atoms. The summed E-state index contributed by atoms with van der Waals surface area (Å²) in [6.45, 7) is 1.46. The van der Waals surface area contributed by atoms with Crippen molar-refractivity contribution in [3.8, 4) is 5.75 Å². The minimum absolute atomic E-state index is 0.0369. The summed E-state index contributed by atoms with van der Waals surface area (Å²) in [6.07, 6.45) is 5.44. The zero-order chi connectivity index (χ0) is 17.2. The van der Waals surface area contributed by atoms with Gasteiger partial charge >= 0.3 is 0 Å². The van der Waals surface area contributed by atoms with E-state index in [9.17, 15) is 4.79 Å². The number of amides is 1. The van der Waals surface area contributed by atoms with E-state index in [4.69, 9.17) is 4.74 Å². The van der Waals surface area contributed by atoms with Crippen LogP contribution in [0.4, 0.5) is 0 Å². The smallest absolute Gasteiger partial charge is 0.257 e. The molecular weight excluding hydrogens is 316 g/mol. The van der Waals surface area contributed by atoms with Gasteiger partial charge < -0.3 is 9.64 Å². The fourth-order valence-electron chi connectivity index (χ4n) is 3.53. The van der Waals surface area contributed by atoms with Crippen molar-refractivity contribution in [1.82, 2.24) is 19.5 Å². The molecule has 0 radical (unpaired) electrons. The number of ether oxygens (including phenoxy) is 1. The number of nitrogens with zero attached hydrogens (tertiary/aromatic N) is 4. The van der Waals surface area contributed by atoms with Crippen LogP contribution in [0.25, 0.3) is 5.65 Å². The third kappa shape index (κ3) is 2.84. The Hall–Kier alpha value is -2.89. The zero-order valence-corrected chi connectivity index (χ0v) is 14.1. The van der Waals surface area contributed by atoms with Gasteiger partial charge in [0.25, 0.3) is 5.91 Å². The van der Waals surface area contributed by atoms with Crippen molar-refractivity contribution < 1.29 is 9.53 Å². The number of fused-ring (bicyclic) bond motifs is 1. The van der Waals surface area contributed by atoms with Gasteiger partial charge in [-0.1, -0.05) is 12.1 Å². The maximum absolute atomic E-state index is 12.8. The van der Waals surface area contributed by atoms with Crippen molar-refractivity contribution in [2.24, 2.45) is 0 Å². The molecule has 0 N–H and O–H groups in total. The molecule has 1 aliphatic heterocycles. The van der Waals surface area contributed by atoms with E-state index >= 15 is 0 Å². The highest BCUT2D eigenvalue weighted by atomic mass is 16.5. The molecule has 0 spiro atoms. The van der Waals surface area contributed by atoms with Gasteiger partial charge in [0.15, 0.2) is 5.65 Å². The molecule has 1 aliphatic rings. The summed E-state index contributed by atoms with van der Waals surface area (Å²) >= 11 is 0. The van der Waals surface area contributed by atoms with Crippen molar-refractivity contribution >= 4 is 11.6 Å². The van der Waals surface area contributed by atoms with Crippen LogP contribution in [-0.2, 0) is 0 Å². The van der Waals surface area contributed by atoms with Crippen molar-refractivity contribution in [1.29, 1.82) is 0 Å². The number of carbonyl (C=O) groups is 1. The third-order valence-electron chi connectivity index (χ3n) is 4.86. The molecule has 0 bridgehead atoms. The van der Waals surface area contributed by atoms with E-state index in [-0.39, 0.29) is 5.91 Å². The van der Waals surface area contributed by atoms with Crippen LogP contribution in [0.1, 0.15) is 34.8 Å². The second-order valence-electron chi connectivity index (χ2n) is 6.24. The average molecular weight is 336 g/mol. The van der Waals surface area contributed by atoms with Crippen molar-refractivity contribution in [3.63, 3.8) is 0 Å². The molecule has 0 atom stereocenters. The molecule has 1 saturated heterocycles. The Kier molecular flexibility index (Phi) is 4.09. The number of hydrogen-bond donors (Lipinski definition) is 0. The molecule has 6 heteroatoms. The predicted octanol–water partition coefficient (Wildman–Crippen LogP) is 2.76.